The molecule has 0 radical (unpaired) electrons. The van der Waals surface area contributed by atoms with Gasteiger partial charge in [-0.15, -0.1) is 0 Å². The van der Waals surface area contributed by atoms with Gasteiger partial charge in [-0.3, -0.25) is 5.21 Å². The van der Waals surface area contributed by atoms with Crippen molar-refractivity contribution in [1.29, 1.82) is 0 Å². The Kier molecular flexibility index (Phi) is 1.78. The Hall–Kier alpha value is -1.40. The van der Waals surface area contributed by atoms with Gasteiger partial charge in [0.1, 0.15) is 13.2 Å². The summed E-state index contributed by atoms with van der Waals surface area (Å²) in [5.41, 5.74) is 5.55. The fraction of sp³-hybridized carbons (Fsp3) is 0.429. The zero-order chi connectivity index (χ0) is 9.42. The van der Waals surface area contributed by atoms with Crippen LogP contribution in [0.4, 0.5) is 0 Å². The molecule has 1 atom stereocenters. The second-order valence-electron chi connectivity index (χ2n) is 2.73. The third kappa shape index (κ3) is 1.20. The van der Waals surface area contributed by atoms with Crippen molar-refractivity contribution in [3.05, 3.63) is 23.5 Å². The second kappa shape index (κ2) is 2.82. The van der Waals surface area contributed by atoms with E-state index < -0.39 is 6.17 Å². The highest BCUT2D eigenvalue weighted by molar-refractivity contribution is 5.29. The van der Waals surface area contributed by atoms with Crippen molar-refractivity contribution in [2.24, 2.45) is 5.73 Å². The van der Waals surface area contributed by atoms with E-state index in [9.17, 15) is 10.3 Å². The molecule has 0 fully saturated rings. The first-order valence-corrected chi connectivity index (χ1v) is 3.84. The van der Waals surface area contributed by atoms with Crippen LogP contribution in [0.3, 0.4) is 0 Å². The third-order valence-corrected chi connectivity index (χ3v) is 1.85. The van der Waals surface area contributed by atoms with Gasteiger partial charge in [-0.05, 0) is 0 Å². The number of hydroxylamine groups is 2. The van der Waals surface area contributed by atoms with Crippen LogP contribution in [-0.4, -0.2) is 34.8 Å². The molecule has 0 aromatic heterocycles. The van der Waals surface area contributed by atoms with E-state index in [1.54, 1.807) is 0 Å². The fourth-order valence-corrected chi connectivity index (χ4v) is 1.24. The van der Waals surface area contributed by atoms with Crippen LogP contribution in [0.5, 0.6) is 0 Å². The zero-order valence-corrected chi connectivity index (χ0v) is 6.80. The van der Waals surface area contributed by atoms with E-state index in [1.165, 1.54) is 0 Å². The Labute approximate surface area is 74.4 Å². The number of ether oxygens (including phenoxy) is 2. The van der Waals surface area contributed by atoms with Crippen LogP contribution in [0.15, 0.2) is 23.5 Å². The molecule has 6 heteroatoms. The van der Waals surface area contributed by atoms with Crippen LogP contribution in [0.1, 0.15) is 0 Å². The smallest absolute Gasteiger partial charge is 0.204 e. The van der Waals surface area contributed by atoms with E-state index in [-0.39, 0.29) is 17.3 Å². The van der Waals surface area contributed by atoms with Gasteiger partial charge in [0, 0.05) is 0 Å². The lowest BCUT2D eigenvalue weighted by molar-refractivity contribution is -0.0999. The molecule has 2 aliphatic rings. The van der Waals surface area contributed by atoms with Gasteiger partial charge in [-0.25, -0.2) is 5.06 Å². The van der Waals surface area contributed by atoms with Crippen LogP contribution < -0.4 is 5.73 Å². The highest BCUT2D eigenvalue weighted by Gasteiger charge is 2.31. The fourth-order valence-electron chi connectivity index (χ4n) is 1.24. The van der Waals surface area contributed by atoms with Gasteiger partial charge in [0.15, 0.2) is 17.7 Å². The molecule has 0 aromatic carbocycles. The molecule has 0 aliphatic carbocycles. The summed E-state index contributed by atoms with van der Waals surface area (Å²) in [5, 5.41) is 19.2. The van der Waals surface area contributed by atoms with Crippen molar-refractivity contribution < 1.29 is 19.8 Å². The Morgan fingerprint density at radius 1 is 1.46 bits per heavy atom. The number of aliphatic hydroxyl groups is 1. The van der Waals surface area contributed by atoms with Gasteiger partial charge >= 0.3 is 0 Å². The highest BCUT2D eigenvalue weighted by atomic mass is 16.6. The van der Waals surface area contributed by atoms with Gasteiger partial charge in [-0.1, -0.05) is 0 Å². The minimum Gasteiger partial charge on any atom is -0.503 e. The van der Waals surface area contributed by atoms with E-state index >= 15 is 0 Å². The zero-order valence-electron chi connectivity index (χ0n) is 6.80. The summed E-state index contributed by atoms with van der Waals surface area (Å²) in [6.07, 6.45) is 0.268. The number of nitrogens with two attached hydrogens (primary N) is 1. The second-order valence-corrected chi connectivity index (χ2v) is 2.73. The average molecular weight is 186 g/mol. The van der Waals surface area contributed by atoms with E-state index in [1.807, 2.05) is 0 Å². The Balaban J connectivity index is 2.37. The first kappa shape index (κ1) is 8.21. The number of rotatable bonds is 0. The Morgan fingerprint density at radius 3 is 2.92 bits per heavy atom. The first-order chi connectivity index (χ1) is 6.20. The molecular weight excluding hydrogens is 176 g/mol. The molecule has 0 saturated carbocycles. The van der Waals surface area contributed by atoms with Crippen molar-refractivity contribution in [3.63, 3.8) is 0 Å². The molecule has 6 nitrogen and oxygen atoms in total. The lowest BCUT2D eigenvalue weighted by atomic mass is 10.2. The van der Waals surface area contributed by atoms with Gasteiger partial charge in [0.2, 0.25) is 5.76 Å². The van der Waals surface area contributed by atoms with E-state index in [0.29, 0.717) is 18.3 Å². The van der Waals surface area contributed by atoms with Crippen molar-refractivity contribution in [1.82, 2.24) is 5.06 Å². The van der Waals surface area contributed by atoms with Crippen LogP contribution in [0.25, 0.3) is 0 Å². The summed E-state index contributed by atoms with van der Waals surface area (Å²) in [6.45, 7) is 0.739. The molecule has 0 bridgehead atoms. The maximum absolute atomic E-state index is 9.33. The van der Waals surface area contributed by atoms with E-state index in [2.05, 4.69) is 0 Å². The monoisotopic (exact) mass is 186 g/mol. The van der Waals surface area contributed by atoms with Crippen molar-refractivity contribution in [2.75, 3.05) is 13.2 Å². The summed E-state index contributed by atoms with van der Waals surface area (Å²) >= 11 is 0. The lowest BCUT2D eigenvalue weighted by Crippen LogP contribution is -2.43. The molecule has 0 amide bonds. The number of hydrogen-bond acceptors (Lipinski definition) is 6. The van der Waals surface area contributed by atoms with Crippen LogP contribution in [0, 0.1) is 0 Å². The van der Waals surface area contributed by atoms with Crippen LogP contribution in [0.2, 0.25) is 0 Å². The molecule has 0 spiro atoms. The summed E-state index contributed by atoms with van der Waals surface area (Å²) in [4.78, 5) is 0. The summed E-state index contributed by atoms with van der Waals surface area (Å²) < 4.78 is 10.3. The molecule has 4 N–H and O–H groups in total. The quantitative estimate of drug-likeness (QED) is 0.478. The van der Waals surface area contributed by atoms with Gasteiger partial charge in [-0.2, -0.15) is 0 Å². The minimum absolute atomic E-state index is 0.182. The molecule has 2 aliphatic heterocycles. The van der Waals surface area contributed by atoms with Crippen molar-refractivity contribution in [3.8, 4) is 0 Å². The molecule has 72 valence electrons. The lowest BCUT2D eigenvalue weighted by Gasteiger charge is -2.32. The summed E-state index contributed by atoms with van der Waals surface area (Å²) in [6, 6.07) is 0. The number of aliphatic hydroxyl groups excluding tert-OH is 1. The maximum atomic E-state index is 9.33. The normalized spacial score (nSPS) is 27.4. The van der Waals surface area contributed by atoms with Crippen molar-refractivity contribution in [2.45, 2.75) is 6.17 Å². The topological polar surface area (TPSA) is 88.2 Å². The molecule has 1 unspecified atom stereocenters. The summed E-state index contributed by atoms with van der Waals surface area (Å²) in [7, 11) is 0. The minimum atomic E-state index is -0.814. The largest absolute Gasteiger partial charge is 0.503 e. The molecule has 13 heavy (non-hydrogen) atoms. The maximum Gasteiger partial charge on any atom is 0.204 e. The van der Waals surface area contributed by atoms with Crippen LogP contribution in [-0.2, 0) is 9.47 Å². The van der Waals surface area contributed by atoms with Crippen LogP contribution >= 0.6 is 0 Å². The van der Waals surface area contributed by atoms with Gasteiger partial charge < -0.3 is 20.3 Å². The summed E-state index contributed by atoms with van der Waals surface area (Å²) in [5.74, 6) is 0.289. The molecular formula is C7H10N2O4. The molecule has 2 rings (SSSR count). The average Bonchev–Trinajstić information content (AvgIpc) is 2.15. The Bertz CT molecular complexity index is 286. The van der Waals surface area contributed by atoms with Gasteiger partial charge in [0.25, 0.3) is 0 Å². The van der Waals surface area contributed by atoms with E-state index in [4.69, 9.17) is 15.2 Å². The van der Waals surface area contributed by atoms with Gasteiger partial charge in [0.05, 0.1) is 6.20 Å². The van der Waals surface area contributed by atoms with Crippen molar-refractivity contribution >= 4 is 0 Å². The molecule has 0 saturated heterocycles. The molecule has 2 heterocycles. The predicted octanol–water partition coefficient (Wildman–Crippen LogP) is -0.366. The number of hydrogen-bond donors (Lipinski definition) is 3. The SMILES string of the molecule is NC1C2=C(OCCO2)C(O)=CN1O. The Morgan fingerprint density at radius 2 is 2.15 bits per heavy atom. The number of nitrogens with zero attached hydrogens (tertiary/aromatic N) is 1. The predicted molar refractivity (Wildman–Crippen MR) is 41.2 cm³/mol. The van der Waals surface area contributed by atoms with E-state index in [0.717, 1.165) is 6.20 Å². The molecule has 0 aromatic rings. The first-order valence-electron chi connectivity index (χ1n) is 3.84. The standard InChI is InChI=1S/C7H10N2O4/c8-7-6-5(12-1-2-13-6)4(10)3-9(7)11/h3,7,10-11H,1-2,8H2. The third-order valence-electron chi connectivity index (χ3n) is 1.85. The highest BCUT2D eigenvalue weighted by Crippen LogP contribution is 2.26.